The molecule has 0 aromatic carbocycles. The normalized spacial score (nSPS) is 15.4. The molecule has 0 aromatic heterocycles. The van der Waals surface area contributed by atoms with Crippen LogP contribution in [0.15, 0.2) is 23.5 Å². The van der Waals surface area contributed by atoms with Crippen molar-refractivity contribution >= 4 is 12.2 Å². The van der Waals surface area contributed by atoms with Crippen LogP contribution in [-0.2, 0) is 14.3 Å². The van der Waals surface area contributed by atoms with Crippen LogP contribution < -0.4 is 11.3 Å². The molecule has 1 amide bonds. The number of rotatable bonds is 2. The number of aldehydes is 1. The van der Waals surface area contributed by atoms with Crippen LogP contribution in [0.5, 0.6) is 0 Å². The van der Waals surface area contributed by atoms with Gasteiger partial charge < -0.3 is 4.74 Å². The van der Waals surface area contributed by atoms with Crippen molar-refractivity contribution in [1.82, 2.24) is 5.43 Å². The van der Waals surface area contributed by atoms with Gasteiger partial charge in [-0.05, 0) is 12.2 Å². The van der Waals surface area contributed by atoms with E-state index in [0.29, 0.717) is 6.29 Å². The number of carbonyl (C=O) groups is 2. The molecule has 5 heteroatoms. The second kappa shape index (κ2) is 3.68. The van der Waals surface area contributed by atoms with Gasteiger partial charge in [-0.15, -0.1) is 0 Å². The second-order valence-corrected chi connectivity index (χ2v) is 2.09. The highest BCUT2D eigenvalue weighted by molar-refractivity contribution is 5.98. The van der Waals surface area contributed by atoms with E-state index >= 15 is 0 Å². The molecule has 1 aliphatic rings. The van der Waals surface area contributed by atoms with Gasteiger partial charge in [0, 0.05) is 0 Å². The van der Waals surface area contributed by atoms with Crippen LogP contribution in [0, 0.1) is 0 Å². The molecule has 5 nitrogen and oxygen atoms in total. The zero-order valence-electron chi connectivity index (χ0n) is 6.24. The van der Waals surface area contributed by atoms with Crippen molar-refractivity contribution in [2.75, 3.05) is 6.61 Å². The van der Waals surface area contributed by atoms with E-state index in [-0.39, 0.29) is 17.9 Å². The lowest BCUT2D eigenvalue weighted by molar-refractivity contribution is -0.121. The van der Waals surface area contributed by atoms with Crippen LogP contribution in [0.1, 0.15) is 0 Å². The smallest absolute Gasteiger partial charge is 0.300 e. The minimum Gasteiger partial charge on any atom is -0.483 e. The Morgan fingerprint density at radius 2 is 2.50 bits per heavy atom. The fourth-order valence-corrected chi connectivity index (χ4v) is 0.821. The number of amides is 1. The Bertz CT molecular complexity index is 268. The highest BCUT2D eigenvalue weighted by Gasteiger charge is 2.16. The predicted molar refractivity (Wildman–Crippen MR) is 40.5 cm³/mol. The molecular formula is C7H8N2O3. The lowest BCUT2D eigenvalue weighted by atomic mass is 10.2. The van der Waals surface area contributed by atoms with Gasteiger partial charge >= 0.3 is 5.91 Å². The third-order valence-corrected chi connectivity index (χ3v) is 1.35. The van der Waals surface area contributed by atoms with Crippen LogP contribution in [0.2, 0.25) is 0 Å². The summed E-state index contributed by atoms with van der Waals surface area (Å²) in [6.07, 6.45) is 3.69. The SMILES string of the molecule is NNC(=O)C1=C(C=O)C=CCO1. The minimum absolute atomic E-state index is 0.0324. The molecule has 1 rings (SSSR count). The summed E-state index contributed by atoms with van der Waals surface area (Å²) >= 11 is 0. The lowest BCUT2D eigenvalue weighted by Gasteiger charge is -2.11. The molecular weight excluding hydrogens is 160 g/mol. The zero-order chi connectivity index (χ0) is 8.97. The number of hydrogen-bond donors (Lipinski definition) is 2. The second-order valence-electron chi connectivity index (χ2n) is 2.09. The Morgan fingerprint density at radius 1 is 1.75 bits per heavy atom. The predicted octanol–water partition coefficient (Wildman–Crippen LogP) is -0.984. The first kappa shape index (κ1) is 8.48. The van der Waals surface area contributed by atoms with Gasteiger partial charge in [-0.3, -0.25) is 15.0 Å². The van der Waals surface area contributed by atoms with Crippen molar-refractivity contribution in [3.8, 4) is 0 Å². The molecule has 1 heterocycles. The van der Waals surface area contributed by atoms with Crippen LogP contribution in [0.25, 0.3) is 0 Å². The third-order valence-electron chi connectivity index (χ3n) is 1.35. The van der Waals surface area contributed by atoms with Crippen molar-refractivity contribution in [3.63, 3.8) is 0 Å². The van der Waals surface area contributed by atoms with Crippen molar-refractivity contribution in [1.29, 1.82) is 0 Å². The largest absolute Gasteiger partial charge is 0.483 e. The molecule has 0 saturated carbocycles. The fourth-order valence-electron chi connectivity index (χ4n) is 0.821. The van der Waals surface area contributed by atoms with Gasteiger partial charge in [-0.2, -0.15) is 0 Å². The first-order valence-electron chi connectivity index (χ1n) is 3.29. The molecule has 3 N–H and O–H groups in total. The number of hydrazine groups is 1. The van der Waals surface area contributed by atoms with Gasteiger partial charge in [0.15, 0.2) is 12.0 Å². The topological polar surface area (TPSA) is 81.4 Å². The van der Waals surface area contributed by atoms with Gasteiger partial charge in [-0.1, -0.05) is 0 Å². The molecule has 0 unspecified atom stereocenters. The first-order valence-corrected chi connectivity index (χ1v) is 3.29. The molecule has 1 aliphatic heterocycles. The van der Waals surface area contributed by atoms with E-state index < -0.39 is 5.91 Å². The molecule has 64 valence electrons. The molecule has 0 fully saturated rings. The molecule has 0 aliphatic carbocycles. The number of nitrogens with two attached hydrogens (primary N) is 1. The van der Waals surface area contributed by atoms with E-state index in [1.807, 2.05) is 5.43 Å². The lowest BCUT2D eigenvalue weighted by Crippen LogP contribution is -2.33. The maximum absolute atomic E-state index is 10.9. The van der Waals surface area contributed by atoms with E-state index in [1.54, 1.807) is 6.08 Å². The summed E-state index contributed by atoms with van der Waals surface area (Å²) in [7, 11) is 0. The van der Waals surface area contributed by atoms with Gasteiger partial charge in [0.05, 0.1) is 5.57 Å². The summed E-state index contributed by atoms with van der Waals surface area (Å²) in [5.74, 6) is 4.24. The Kier molecular flexibility index (Phi) is 2.60. The minimum atomic E-state index is -0.596. The summed E-state index contributed by atoms with van der Waals surface area (Å²) in [6.45, 7) is 0.278. The van der Waals surface area contributed by atoms with Crippen molar-refractivity contribution < 1.29 is 14.3 Å². The summed E-state index contributed by atoms with van der Waals surface area (Å²) in [4.78, 5) is 21.3. The number of allylic oxidation sites excluding steroid dienone is 2. The monoisotopic (exact) mass is 168 g/mol. The summed E-state index contributed by atoms with van der Waals surface area (Å²) in [5, 5.41) is 0. The van der Waals surface area contributed by atoms with Crippen molar-refractivity contribution in [3.05, 3.63) is 23.5 Å². The molecule has 0 spiro atoms. The zero-order valence-corrected chi connectivity index (χ0v) is 6.24. The third kappa shape index (κ3) is 1.51. The average Bonchev–Trinajstić information content (AvgIpc) is 2.16. The summed E-state index contributed by atoms with van der Waals surface area (Å²) < 4.78 is 4.90. The Labute approximate surface area is 68.8 Å². The highest BCUT2D eigenvalue weighted by Crippen LogP contribution is 2.10. The Balaban J connectivity index is 2.95. The van der Waals surface area contributed by atoms with Crippen LogP contribution in [0.4, 0.5) is 0 Å². The van der Waals surface area contributed by atoms with Crippen LogP contribution in [-0.4, -0.2) is 18.8 Å². The van der Waals surface area contributed by atoms with E-state index in [0.717, 1.165) is 0 Å². The average molecular weight is 168 g/mol. The first-order chi connectivity index (χ1) is 5.79. The van der Waals surface area contributed by atoms with Gasteiger partial charge in [0.2, 0.25) is 0 Å². The molecule has 12 heavy (non-hydrogen) atoms. The number of ether oxygens (including phenoxy) is 1. The number of hydrogen-bond acceptors (Lipinski definition) is 4. The molecule has 0 radical (unpaired) electrons. The molecule has 0 bridgehead atoms. The Hall–Kier alpha value is -1.62. The van der Waals surface area contributed by atoms with Crippen LogP contribution in [0.3, 0.4) is 0 Å². The standard InChI is InChI=1S/C7H8N2O3/c8-9-7(11)6-5(4-10)2-1-3-12-6/h1-2,4H,3,8H2,(H,9,11). The quantitative estimate of drug-likeness (QED) is 0.240. The highest BCUT2D eigenvalue weighted by atomic mass is 16.5. The van der Waals surface area contributed by atoms with Crippen molar-refractivity contribution in [2.45, 2.75) is 0 Å². The fraction of sp³-hybridized carbons (Fsp3) is 0.143. The van der Waals surface area contributed by atoms with E-state index in [9.17, 15) is 9.59 Å². The van der Waals surface area contributed by atoms with Gasteiger partial charge in [0.25, 0.3) is 0 Å². The summed E-state index contributed by atoms with van der Waals surface area (Å²) in [6, 6.07) is 0. The summed E-state index contributed by atoms with van der Waals surface area (Å²) in [5.41, 5.74) is 2.08. The van der Waals surface area contributed by atoms with Gasteiger partial charge in [0.1, 0.15) is 6.61 Å². The van der Waals surface area contributed by atoms with E-state index in [1.165, 1.54) is 6.08 Å². The maximum Gasteiger partial charge on any atom is 0.300 e. The maximum atomic E-state index is 10.9. The van der Waals surface area contributed by atoms with E-state index in [2.05, 4.69) is 0 Å². The van der Waals surface area contributed by atoms with Crippen molar-refractivity contribution in [2.24, 2.45) is 5.84 Å². The number of nitrogens with one attached hydrogen (secondary N) is 1. The van der Waals surface area contributed by atoms with E-state index in [4.69, 9.17) is 10.6 Å². The Morgan fingerprint density at radius 3 is 3.08 bits per heavy atom. The molecule has 0 atom stereocenters. The molecule has 0 saturated heterocycles. The number of carbonyl (C=O) groups excluding carboxylic acids is 2. The van der Waals surface area contributed by atoms with Gasteiger partial charge in [-0.25, -0.2) is 5.84 Å². The van der Waals surface area contributed by atoms with Crippen LogP contribution >= 0.6 is 0 Å². The molecule has 0 aromatic rings.